The minimum Gasteiger partial charge on any atom is -0.345 e. The molecule has 1 amide bonds. The first-order valence-corrected chi connectivity index (χ1v) is 7.98. The van der Waals surface area contributed by atoms with Crippen LogP contribution in [0.1, 0.15) is 43.7 Å². The predicted molar refractivity (Wildman–Crippen MR) is 87.1 cm³/mol. The molecule has 1 aliphatic rings. The third-order valence-corrected chi connectivity index (χ3v) is 4.73. The summed E-state index contributed by atoms with van der Waals surface area (Å²) in [6, 6.07) is 8.57. The molecule has 1 aromatic carbocycles. The number of carbonyl (C=O) groups is 1. The molecule has 116 valence electrons. The molecule has 0 heterocycles. The standard InChI is InChI=1S/C18H28N2O/c1-12(2)17(19)9-10-20(4)18(21)16-11-15(16)14-8-6-5-7-13(14)3/h5-8,12,15-17H,9-11,19H2,1-4H3. The summed E-state index contributed by atoms with van der Waals surface area (Å²) in [6.07, 6.45) is 1.87. The Hall–Kier alpha value is -1.35. The number of carbonyl (C=O) groups excluding carboxylic acids is 1. The first kappa shape index (κ1) is 16.0. The second-order valence-electron chi connectivity index (χ2n) is 6.76. The van der Waals surface area contributed by atoms with Gasteiger partial charge in [0.1, 0.15) is 0 Å². The van der Waals surface area contributed by atoms with Gasteiger partial charge in [-0.3, -0.25) is 4.79 Å². The minimum atomic E-state index is 0.173. The van der Waals surface area contributed by atoms with Crippen molar-refractivity contribution in [2.45, 2.75) is 45.6 Å². The van der Waals surface area contributed by atoms with E-state index in [2.05, 4.69) is 45.0 Å². The second kappa shape index (κ2) is 6.61. The summed E-state index contributed by atoms with van der Waals surface area (Å²) in [7, 11) is 1.91. The Balaban J connectivity index is 1.87. The van der Waals surface area contributed by atoms with Crippen LogP contribution in [0.15, 0.2) is 24.3 Å². The van der Waals surface area contributed by atoms with Crippen LogP contribution < -0.4 is 5.73 Å². The normalized spacial score (nSPS) is 22.2. The number of hydrogen-bond donors (Lipinski definition) is 1. The maximum atomic E-state index is 12.5. The molecule has 0 saturated heterocycles. The van der Waals surface area contributed by atoms with E-state index in [9.17, 15) is 4.79 Å². The summed E-state index contributed by atoms with van der Waals surface area (Å²) in [5.74, 6) is 1.33. The Labute approximate surface area is 128 Å². The molecule has 3 heteroatoms. The summed E-state index contributed by atoms with van der Waals surface area (Å²) in [5, 5.41) is 0. The van der Waals surface area contributed by atoms with Crippen LogP contribution in [-0.2, 0) is 4.79 Å². The maximum Gasteiger partial charge on any atom is 0.226 e. The molecule has 1 saturated carbocycles. The molecule has 3 nitrogen and oxygen atoms in total. The van der Waals surface area contributed by atoms with E-state index in [4.69, 9.17) is 5.73 Å². The highest BCUT2D eigenvalue weighted by molar-refractivity contribution is 5.82. The lowest BCUT2D eigenvalue weighted by Crippen LogP contribution is -2.35. The van der Waals surface area contributed by atoms with Gasteiger partial charge in [-0.1, -0.05) is 38.1 Å². The van der Waals surface area contributed by atoms with Gasteiger partial charge in [0.05, 0.1) is 0 Å². The van der Waals surface area contributed by atoms with Crippen molar-refractivity contribution in [3.8, 4) is 0 Å². The van der Waals surface area contributed by atoms with Crippen LogP contribution >= 0.6 is 0 Å². The van der Waals surface area contributed by atoms with Crippen LogP contribution in [-0.4, -0.2) is 30.4 Å². The number of nitrogens with two attached hydrogens (primary N) is 1. The molecule has 21 heavy (non-hydrogen) atoms. The summed E-state index contributed by atoms with van der Waals surface area (Å²) in [6.45, 7) is 7.14. The number of rotatable bonds is 6. The Morgan fingerprint density at radius 1 is 1.38 bits per heavy atom. The summed E-state index contributed by atoms with van der Waals surface area (Å²) < 4.78 is 0. The predicted octanol–water partition coefficient (Wildman–Crippen LogP) is 2.93. The van der Waals surface area contributed by atoms with Crippen molar-refractivity contribution >= 4 is 5.91 Å². The van der Waals surface area contributed by atoms with Crippen LogP contribution in [0.2, 0.25) is 0 Å². The van der Waals surface area contributed by atoms with Crippen molar-refractivity contribution in [1.82, 2.24) is 4.90 Å². The molecule has 1 fully saturated rings. The molecule has 2 rings (SSSR count). The molecule has 3 unspecified atom stereocenters. The number of hydrogen-bond acceptors (Lipinski definition) is 2. The molecule has 0 bridgehead atoms. The van der Waals surface area contributed by atoms with Crippen molar-refractivity contribution in [2.75, 3.05) is 13.6 Å². The van der Waals surface area contributed by atoms with Gasteiger partial charge in [-0.15, -0.1) is 0 Å². The Morgan fingerprint density at radius 3 is 2.67 bits per heavy atom. The van der Waals surface area contributed by atoms with Crippen LogP contribution in [0.5, 0.6) is 0 Å². The zero-order chi connectivity index (χ0) is 15.6. The molecule has 0 radical (unpaired) electrons. The van der Waals surface area contributed by atoms with Crippen LogP contribution in [0.3, 0.4) is 0 Å². The number of nitrogens with zero attached hydrogens (tertiary/aromatic N) is 1. The maximum absolute atomic E-state index is 12.5. The smallest absolute Gasteiger partial charge is 0.226 e. The molecular formula is C18H28N2O. The molecule has 0 aliphatic heterocycles. The lowest BCUT2D eigenvalue weighted by Gasteiger charge is -2.21. The third kappa shape index (κ3) is 3.85. The molecular weight excluding hydrogens is 260 g/mol. The minimum absolute atomic E-state index is 0.173. The van der Waals surface area contributed by atoms with Crippen molar-refractivity contribution in [2.24, 2.45) is 17.6 Å². The Morgan fingerprint density at radius 2 is 2.05 bits per heavy atom. The van der Waals surface area contributed by atoms with E-state index in [1.807, 2.05) is 11.9 Å². The SMILES string of the molecule is Cc1ccccc1C1CC1C(=O)N(C)CCC(N)C(C)C. The summed E-state index contributed by atoms with van der Waals surface area (Å²) in [5.41, 5.74) is 8.69. The quantitative estimate of drug-likeness (QED) is 0.875. The number of amides is 1. The first-order chi connectivity index (χ1) is 9.91. The highest BCUT2D eigenvalue weighted by atomic mass is 16.2. The number of aryl methyl sites for hydroxylation is 1. The second-order valence-corrected chi connectivity index (χ2v) is 6.76. The van der Waals surface area contributed by atoms with E-state index in [-0.39, 0.29) is 17.9 Å². The van der Waals surface area contributed by atoms with Gasteiger partial charge in [0.2, 0.25) is 5.91 Å². The van der Waals surface area contributed by atoms with Gasteiger partial charge in [-0.2, -0.15) is 0 Å². The fourth-order valence-electron chi connectivity index (χ4n) is 2.88. The lowest BCUT2D eigenvalue weighted by molar-refractivity contribution is -0.131. The van der Waals surface area contributed by atoms with Gasteiger partial charge in [0, 0.05) is 25.6 Å². The zero-order valence-corrected chi connectivity index (χ0v) is 13.7. The van der Waals surface area contributed by atoms with Gasteiger partial charge in [0.15, 0.2) is 0 Å². The van der Waals surface area contributed by atoms with Crippen molar-refractivity contribution in [3.63, 3.8) is 0 Å². The molecule has 0 spiro atoms. The van der Waals surface area contributed by atoms with Crippen LogP contribution in [0.4, 0.5) is 0 Å². The first-order valence-electron chi connectivity index (χ1n) is 7.98. The fraction of sp³-hybridized carbons (Fsp3) is 0.611. The Kier molecular flexibility index (Phi) is 5.04. The largest absolute Gasteiger partial charge is 0.345 e. The van der Waals surface area contributed by atoms with Gasteiger partial charge in [0.25, 0.3) is 0 Å². The van der Waals surface area contributed by atoms with Gasteiger partial charge < -0.3 is 10.6 Å². The Bertz CT molecular complexity index is 498. The van der Waals surface area contributed by atoms with Gasteiger partial charge >= 0.3 is 0 Å². The molecule has 1 aliphatic carbocycles. The van der Waals surface area contributed by atoms with E-state index >= 15 is 0 Å². The van der Waals surface area contributed by atoms with E-state index in [1.54, 1.807) is 0 Å². The highest BCUT2D eigenvalue weighted by Gasteiger charge is 2.45. The topological polar surface area (TPSA) is 46.3 Å². The van der Waals surface area contributed by atoms with Crippen molar-refractivity contribution in [3.05, 3.63) is 35.4 Å². The molecule has 1 aromatic rings. The molecule has 0 aromatic heterocycles. The van der Waals surface area contributed by atoms with Gasteiger partial charge in [-0.25, -0.2) is 0 Å². The number of benzene rings is 1. The van der Waals surface area contributed by atoms with Gasteiger partial charge in [-0.05, 0) is 42.7 Å². The van der Waals surface area contributed by atoms with E-state index < -0.39 is 0 Å². The monoisotopic (exact) mass is 288 g/mol. The fourth-order valence-corrected chi connectivity index (χ4v) is 2.88. The van der Waals surface area contributed by atoms with Crippen molar-refractivity contribution < 1.29 is 4.79 Å². The lowest BCUT2D eigenvalue weighted by atomic mass is 10.0. The van der Waals surface area contributed by atoms with E-state index in [0.717, 1.165) is 19.4 Å². The zero-order valence-electron chi connectivity index (χ0n) is 13.7. The molecule has 2 N–H and O–H groups in total. The van der Waals surface area contributed by atoms with E-state index in [0.29, 0.717) is 11.8 Å². The average molecular weight is 288 g/mol. The van der Waals surface area contributed by atoms with Crippen molar-refractivity contribution in [1.29, 1.82) is 0 Å². The van der Waals surface area contributed by atoms with Crippen LogP contribution in [0, 0.1) is 18.8 Å². The summed E-state index contributed by atoms with van der Waals surface area (Å²) >= 11 is 0. The van der Waals surface area contributed by atoms with E-state index in [1.165, 1.54) is 11.1 Å². The molecule has 3 atom stereocenters. The van der Waals surface area contributed by atoms with Crippen LogP contribution in [0.25, 0.3) is 0 Å². The summed E-state index contributed by atoms with van der Waals surface area (Å²) in [4.78, 5) is 14.3. The highest BCUT2D eigenvalue weighted by Crippen LogP contribution is 2.49. The third-order valence-electron chi connectivity index (χ3n) is 4.73. The average Bonchev–Trinajstić information content (AvgIpc) is 3.24.